The van der Waals surface area contributed by atoms with Crippen molar-refractivity contribution < 1.29 is 19.1 Å². The van der Waals surface area contributed by atoms with Crippen LogP contribution >= 0.6 is 0 Å². The van der Waals surface area contributed by atoms with Crippen LogP contribution in [0.5, 0.6) is 0 Å². The van der Waals surface area contributed by atoms with Crippen LogP contribution in [-0.2, 0) is 14.3 Å². The molecule has 0 fully saturated rings. The molecule has 4 heteroatoms. The molecule has 17 heavy (non-hydrogen) atoms. The molecule has 0 N–H and O–H groups in total. The van der Waals surface area contributed by atoms with Gasteiger partial charge in [0.05, 0.1) is 26.2 Å². The van der Waals surface area contributed by atoms with Crippen molar-refractivity contribution in [3.05, 3.63) is 42.0 Å². The van der Waals surface area contributed by atoms with Crippen LogP contribution in [0.15, 0.2) is 30.8 Å². The molecular formula is C13H14O4. The number of benzene rings is 1. The minimum atomic E-state index is -0.452. The van der Waals surface area contributed by atoms with E-state index in [2.05, 4.69) is 16.1 Å². The van der Waals surface area contributed by atoms with Gasteiger partial charge in [-0.2, -0.15) is 0 Å². The fraction of sp³-hybridized carbons (Fsp3) is 0.231. The molecule has 0 amide bonds. The Bertz CT molecular complexity index is 448. The Hall–Kier alpha value is -2.10. The summed E-state index contributed by atoms with van der Waals surface area (Å²) in [5.41, 5.74) is 1.52. The van der Waals surface area contributed by atoms with Gasteiger partial charge in [-0.1, -0.05) is 24.8 Å². The lowest BCUT2D eigenvalue weighted by Gasteiger charge is -2.09. The van der Waals surface area contributed by atoms with E-state index in [-0.39, 0.29) is 6.42 Å². The molecule has 0 atom stereocenters. The normalized spacial score (nSPS) is 9.53. The molecule has 1 aromatic rings. The number of carbonyl (C=O) groups excluding carboxylic acids is 2. The van der Waals surface area contributed by atoms with Crippen molar-refractivity contribution in [1.29, 1.82) is 0 Å². The maximum atomic E-state index is 11.5. The SMILES string of the molecule is C=C(CC(=O)OC)c1ccccc1C(=O)OC. The Morgan fingerprint density at radius 1 is 1.12 bits per heavy atom. The number of hydrogen-bond donors (Lipinski definition) is 0. The highest BCUT2D eigenvalue weighted by atomic mass is 16.5. The minimum Gasteiger partial charge on any atom is -0.469 e. The van der Waals surface area contributed by atoms with Crippen LogP contribution < -0.4 is 0 Å². The fourth-order valence-corrected chi connectivity index (χ4v) is 1.42. The highest BCUT2D eigenvalue weighted by Crippen LogP contribution is 2.21. The van der Waals surface area contributed by atoms with Gasteiger partial charge >= 0.3 is 11.9 Å². The average molecular weight is 234 g/mol. The van der Waals surface area contributed by atoms with E-state index in [0.29, 0.717) is 16.7 Å². The van der Waals surface area contributed by atoms with Gasteiger partial charge in [0.2, 0.25) is 0 Å². The first-order valence-corrected chi connectivity index (χ1v) is 5.02. The number of hydrogen-bond acceptors (Lipinski definition) is 4. The van der Waals surface area contributed by atoms with Crippen molar-refractivity contribution in [3.8, 4) is 0 Å². The van der Waals surface area contributed by atoms with Gasteiger partial charge in [-0.25, -0.2) is 4.79 Å². The molecule has 4 nitrogen and oxygen atoms in total. The summed E-state index contributed by atoms with van der Waals surface area (Å²) < 4.78 is 9.22. The van der Waals surface area contributed by atoms with Crippen LogP contribution in [0.25, 0.3) is 5.57 Å². The van der Waals surface area contributed by atoms with Gasteiger partial charge < -0.3 is 9.47 Å². The van der Waals surface area contributed by atoms with Gasteiger partial charge in [0.1, 0.15) is 0 Å². The molecule has 1 rings (SSSR count). The van der Waals surface area contributed by atoms with Crippen molar-refractivity contribution in [2.45, 2.75) is 6.42 Å². The lowest BCUT2D eigenvalue weighted by atomic mass is 9.99. The molecule has 0 saturated carbocycles. The average Bonchev–Trinajstić information content (AvgIpc) is 2.37. The van der Waals surface area contributed by atoms with E-state index in [1.807, 2.05) is 0 Å². The van der Waals surface area contributed by atoms with Crippen LogP contribution in [0.1, 0.15) is 22.3 Å². The van der Waals surface area contributed by atoms with E-state index in [0.717, 1.165) is 0 Å². The first-order valence-electron chi connectivity index (χ1n) is 5.02. The first kappa shape index (κ1) is 13.0. The summed E-state index contributed by atoms with van der Waals surface area (Å²) >= 11 is 0. The zero-order chi connectivity index (χ0) is 12.8. The summed E-state index contributed by atoms with van der Waals surface area (Å²) in [5.74, 6) is -0.846. The maximum Gasteiger partial charge on any atom is 0.338 e. The van der Waals surface area contributed by atoms with E-state index in [4.69, 9.17) is 0 Å². The summed E-state index contributed by atoms with van der Waals surface area (Å²) in [6.45, 7) is 3.78. The standard InChI is InChI=1S/C13H14O4/c1-9(8-12(14)16-2)10-6-4-5-7-11(10)13(15)17-3/h4-7H,1,8H2,2-3H3. The summed E-state index contributed by atoms with van der Waals surface area (Å²) in [7, 11) is 2.62. The second-order valence-corrected chi connectivity index (χ2v) is 3.39. The quantitative estimate of drug-likeness (QED) is 0.748. The lowest BCUT2D eigenvalue weighted by Crippen LogP contribution is -2.07. The molecular weight excluding hydrogens is 220 g/mol. The zero-order valence-corrected chi connectivity index (χ0v) is 9.86. The third kappa shape index (κ3) is 3.17. The summed E-state index contributed by atoms with van der Waals surface area (Å²) in [4.78, 5) is 22.7. The first-order chi connectivity index (χ1) is 8.10. The largest absolute Gasteiger partial charge is 0.469 e. The lowest BCUT2D eigenvalue weighted by molar-refractivity contribution is -0.139. The Morgan fingerprint density at radius 3 is 2.24 bits per heavy atom. The highest BCUT2D eigenvalue weighted by molar-refractivity contribution is 5.97. The molecule has 0 unspecified atom stereocenters. The second kappa shape index (κ2) is 5.84. The molecule has 0 spiro atoms. The molecule has 0 heterocycles. The second-order valence-electron chi connectivity index (χ2n) is 3.39. The Balaban J connectivity index is 3.01. The van der Waals surface area contributed by atoms with E-state index in [1.165, 1.54) is 14.2 Å². The fourth-order valence-electron chi connectivity index (χ4n) is 1.42. The predicted molar refractivity (Wildman–Crippen MR) is 63.4 cm³/mol. The monoisotopic (exact) mass is 234 g/mol. The maximum absolute atomic E-state index is 11.5. The molecule has 0 aromatic heterocycles. The van der Waals surface area contributed by atoms with E-state index in [9.17, 15) is 9.59 Å². The van der Waals surface area contributed by atoms with Crippen LogP contribution in [0.3, 0.4) is 0 Å². The van der Waals surface area contributed by atoms with E-state index in [1.54, 1.807) is 24.3 Å². The number of ether oxygens (including phenoxy) is 2. The molecule has 0 aliphatic heterocycles. The number of esters is 2. The van der Waals surface area contributed by atoms with Crippen LogP contribution in [0.4, 0.5) is 0 Å². The van der Waals surface area contributed by atoms with Crippen LogP contribution in [0, 0.1) is 0 Å². The number of carbonyl (C=O) groups is 2. The Morgan fingerprint density at radius 2 is 1.71 bits per heavy atom. The summed E-state index contributed by atoms with van der Waals surface area (Å²) in [5, 5.41) is 0. The molecule has 0 bridgehead atoms. The molecule has 0 saturated heterocycles. The highest BCUT2D eigenvalue weighted by Gasteiger charge is 2.15. The van der Waals surface area contributed by atoms with Gasteiger partial charge in [0.15, 0.2) is 0 Å². The third-order valence-electron chi connectivity index (χ3n) is 2.30. The van der Waals surface area contributed by atoms with E-state index >= 15 is 0 Å². The predicted octanol–water partition coefficient (Wildman–Crippen LogP) is 2.05. The van der Waals surface area contributed by atoms with Gasteiger partial charge in [0.25, 0.3) is 0 Å². The van der Waals surface area contributed by atoms with Crippen LogP contribution in [-0.4, -0.2) is 26.2 Å². The Kier molecular flexibility index (Phi) is 4.46. The molecule has 0 aliphatic carbocycles. The zero-order valence-electron chi connectivity index (χ0n) is 9.86. The van der Waals surface area contributed by atoms with Crippen molar-refractivity contribution in [2.24, 2.45) is 0 Å². The number of methoxy groups -OCH3 is 2. The van der Waals surface area contributed by atoms with Gasteiger partial charge in [0, 0.05) is 0 Å². The van der Waals surface area contributed by atoms with E-state index < -0.39 is 11.9 Å². The topological polar surface area (TPSA) is 52.6 Å². The number of rotatable bonds is 4. The molecule has 1 aromatic carbocycles. The minimum absolute atomic E-state index is 0.0461. The third-order valence-corrected chi connectivity index (χ3v) is 2.30. The van der Waals surface area contributed by atoms with Crippen molar-refractivity contribution >= 4 is 17.5 Å². The Labute approximate surface area is 99.8 Å². The van der Waals surface area contributed by atoms with Crippen molar-refractivity contribution in [3.63, 3.8) is 0 Å². The van der Waals surface area contributed by atoms with Gasteiger partial charge in [-0.15, -0.1) is 0 Å². The van der Waals surface area contributed by atoms with Crippen molar-refractivity contribution in [2.75, 3.05) is 14.2 Å². The van der Waals surface area contributed by atoms with Crippen molar-refractivity contribution in [1.82, 2.24) is 0 Å². The molecule has 0 aliphatic rings. The smallest absolute Gasteiger partial charge is 0.338 e. The van der Waals surface area contributed by atoms with Gasteiger partial charge in [-0.05, 0) is 17.2 Å². The summed E-state index contributed by atoms with van der Waals surface area (Å²) in [6.07, 6.45) is 0.0461. The van der Waals surface area contributed by atoms with Crippen LogP contribution in [0.2, 0.25) is 0 Å². The molecule has 0 radical (unpaired) electrons. The van der Waals surface area contributed by atoms with Gasteiger partial charge in [-0.3, -0.25) is 4.79 Å². The molecule has 90 valence electrons. The summed E-state index contributed by atoms with van der Waals surface area (Å²) in [6, 6.07) is 6.84.